The van der Waals surface area contributed by atoms with Crippen molar-refractivity contribution in [2.75, 3.05) is 59.7 Å². The highest BCUT2D eigenvalue weighted by molar-refractivity contribution is 6.03. The van der Waals surface area contributed by atoms with Gasteiger partial charge in [0.1, 0.15) is 11.5 Å². The Morgan fingerprint density at radius 3 is 2.37 bits per heavy atom. The van der Waals surface area contributed by atoms with E-state index in [9.17, 15) is 19.5 Å². The van der Waals surface area contributed by atoms with Crippen molar-refractivity contribution in [2.45, 2.75) is 71.5 Å². The number of aryl methyl sites for hydroxylation is 1. The fourth-order valence-corrected chi connectivity index (χ4v) is 6.67. The summed E-state index contributed by atoms with van der Waals surface area (Å²) in [4.78, 5) is 52.2. The molecular weight excluding hydrogens is 622 g/mol. The Morgan fingerprint density at radius 2 is 1.69 bits per heavy atom. The van der Waals surface area contributed by atoms with Crippen LogP contribution in [0.2, 0.25) is 0 Å². The summed E-state index contributed by atoms with van der Waals surface area (Å²) in [5, 5.41) is 10.4. The van der Waals surface area contributed by atoms with Crippen LogP contribution in [0.5, 0.6) is 0 Å². The number of morpholine rings is 1. The smallest absolute Gasteiger partial charge is 0.337 e. The van der Waals surface area contributed by atoms with Gasteiger partial charge in [-0.25, -0.2) is 9.78 Å². The number of unbranched alkanes of at least 4 members (excludes halogenated alkanes) is 2. The highest BCUT2D eigenvalue weighted by Gasteiger charge is 2.33. The minimum Gasteiger partial charge on any atom is -0.465 e. The molecule has 1 saturated heterocycles. The van der Waals surface area contributed by atoms with E-state index in [0.29, 0.717) is 62.9 Å². The van der Waals surface area contributed by atoms with E-state index >= 15 is 0 Å². The first-order valence-corrected chi connectivity index (χ1v) is 17.8. The van der Waals surface area contributed by atoms with Crippen molar-refractivity contribution in [2.24, 2.45) is 0 Å². The summed E-state index contributed by atoms with van der Waals surface area (Å²) in [7, 11) is 1.31. The van der Waals surface area contributed by atoms with E-state index in [0.717, 1.165) is 62.9 Å². The fourth-order valence-electron chi connectivity index (χ4n) is 6.67. The first-order valence-electron chi connectivity index (χ1n) is 17.8. The lowest BCUT2D eigenvalue weighted by molar-refractivity contribution is 0.0369. The molecule has 2 aromatic carbocycles. The Kier molecular flexibility index (Phi) is 13.0. The van der Waals surface area contributed by atoms with Gasteiger partial charge in [-0.2, -0.15) is 0 Å². The number of nitrogens with zero attached hydrogens (tertiary/aromatic N) is 5. The second kappa shape index (κ2) is 17.6. The summed E-state index contributed by atoms with van der Waals surface area (Å²) < 4.78 is 12.5. The summed E-state index contributed by atoms with van der Waals surface area (Å²) in [6, 6.07) is 12.4. The van der Waals surface area contributed by atoms with Crippen LogP contribution in [0.4, 0.5) is 0 Å². The van der Waals surface area contributed by atoms with Crippen molar-refractivity contribution in [3.8, 4) is 11.4 Å². The van der Waals surface area contributed by atoms with Crippen LogP contribution in [0.1, 0.15) is 88.3 Å². The second-order valence-electron chi connectivity index (χ2n) is 12.9. The minimum absolute atomic E-state index is 0.123. The van der Waals surface area contributed by atoms with Gasteiger partial charge >= 0.3 is 5.97 Å². The molecule has 3 aromatic rings. The maximum absolute atomic E-state index is 14.6. The van der Waals surface area contributed by atoms with E-state index in [1.54, 1.807) is 23.1 Å². The number of fused-ring (bicyclic) bond motifs is 1. The lowest BCUT2D eigenvalue weighted by Crippen LogP contribution is -2.46. The van der Waals surface area contributed by atoms with Crippen LogP contribution in [0.15, 0.2) is 48.7 Å². The molecule has 49 heavy (non-hydrogen) atoms. The molecule has 264 valence electrons. The summed E-state index contributed by atoms with van der Waals surface area (Å²) in [6.07, 6.45) is 6.91. The van der Waals surface area contributed by atoms with Gasteiger partial charge < -0.3 is 28.9 Å². The van der Waals surface area contributed by atoms with Crippen molar-refractivity contribution in [3.05, 3.63) is 76.6 Å². The molecule has 0 unspecified atom stereocenters. The molecule has 1 fully saturated rings. The molecule has 5 rings (SSSR count). The number of amides is 2. The van der Waals surface area contributed by atoms with E-state index in [4.69, 9.17) is 14.5 Å². The normalized spacial score (nSPS) is 16.3. The maximum atomic E-state index is 14.6. The number of hydrogen-bond acceptors (Lipinski definition) is 8. The van der Waals surface area contributed by atoms with Gasteiger partial charge in [-0.1, -0.05) is 51.0 Å². The SMILES string of the molecule is CCCCN(CCCC)C(=O)c1cn(CCCN2CCOCC2)c(-c2ccc(C(=O)OC)cc2C(=O)N2Cc3ccccc3C[C@H]2CO)n1. The van der Waals surface area contributed by atoms with Gasteiger partial charge in [0.05, 0.1) is 44.1 Å². The molecule has 1 atom stereocenters. The van der Waals surface area contributed by atoms with Crippen LogP contribution in [0, 0.1) is 0 Å². The first-order chi connectivity index (χ1) is 23.9. The van der Waals surface area contributed by atoms with Crippen LogP contribution in [0.25, 0.3) is 11.4 Å². The number of aromatic nitrogens is 2. The Hall–Kier alpha value is -4.06. The maximum Gasteiger partial charge on any atom is 0.337 e. The van der Waals surface area contributed by atoms with Crippen LogP contribution in [-0.4, -0.2) is 113 Å². The van der Waals surface area contributed by atoms with Crippen LogP contribution < -0.4 is 0 Å². The summed E-state index contributed by atoms with van der Waals surface area (Å²) in [5.74, 6) is -0.510. The van der Waals surface area contributed by atoms with Crippen molar-refractivity contribution in [1.29, 1.82) is 0 Å². The topological polar surface area (TPSA) is 117 Å². The number of rotatable bonds is 15. The van der Waals surface area contributed by atoms with E-state index < -0.39 is 12.0 Å². The second-order valence-corrected chi connectivity index (χ2v) is 12.9. The van der Waals surface area contributed by atoms with Gasteiger partial charge in [0.15, 0.2) is 0 Å². The third-order valence-electron chi connectivity index (χ3n) is 9.56. The highest BCUT2D eigenvalue weighted by Crippen LogP contribution is 2.31. The third-order valence-corrected chi connectivity index (χ3v) is 9.56. The Morgan fingerprint density at radius 1 is 0.980 bits per heavy atom. The largest absolute Gasteiger partial charge is 0.465 e. The van der Waals surface area contributed by atoms with E-state index in [1.807, 2.05) is 39.9 Å². The quantitative estimate of drug-likeness (QED) is 0.232. The predicted molar refractivity (Wildman–Crippen MR) is 187 cm³/mol. The first kappa shape index (κ1) is 36.2. The molecule has 0 saturated carbocycles. The van der Waals surface area contributed by atoms with Gasteiger partial charge in [0.2, 0.25) is 0 Å². The molecule has 0 bridgehead atoms. The van der Waals surface area contributed by atoms with Gasteiger partial charge in [0.25, 0.3) is 11.8 Å². The molecule has 0 radical (unpaired) electrons. The van der Waals surface area contributed by atoms with E-state index in [2.05, 4.69) is 18.7 Å². The number of carbonyl (C=O) groups excluding carboxylic acids is 3. The van der Waals surface area contributed by atoms with Crippen molar-refractivity contribution in [1.82, 2.24) is 24.3 Å². The molecule has 11 nitrogen and oxygen atoms in total. The number of hydrogen-bond donors (Lipinski definition) is 1. The fraction of sp³-hybridized carbons (Fsp3) is 0.526. The van der Waals surface area contributed by atoms with Gasteiger partial charge in [-0.15, -0.1) is 0 Å². The molecule has 2 aliphatic heterocycles. The molecule has 3 heterocycles. The number of ether oxygens (including phenoxy) is 2. The zero-order valence-corrected chi connectivity index (χ0v) is 29.2. The Bertz CT molecular complexity index is 1570. The van der Waals surface area contributed by atoms with Crippen LogP contribution >= 0.6 is 0 Å². The number of carbonyl (C=O) groups is 3. The number of aliphatic hydroxyl groups is 1. The predicted octanol–water partition coefficient (Wildman–Crippen LogP) is 4.66. The lowest BCUT2D eigenvalue weighted by atomic mass is 9.92. The molecule has 1 N–H and O–H groups in total. The zero-order chi connectivity index (χ0) is 34.8. The summed E-state index contributed by atoms with van der Waals surface area (Å²) in [5.41, 5.74) is 3.48. The highest BCUT2D eigenvalue weighted by atomic mass is 16.5. The summed E-state index contributed by atoms with van der Waals surface area (Å²) >= 11 is 0. The number of imidazole rings is 1. The van der Waals surface area contributed by atoms with Crippen molar-refractivity contribution in [3.63, 3.8) is 0 Å². The van der Waals surface area contributed by atoms with Crippen LogP contribution in [0.3, 0.4) is 0 Å². The van der Waals surface area contributed by atoms with Gasteiger partial charge in [-0.05, 0) is 55.0 Å². The molecule has 2 amide bonds. The lowest BCUT2D eigenvalue weighted by Gasteiger charge is -2.36. The van der Waals surface area contributed by atoms with Gasteiger partial charge in [-0.3, -0.25) is 14.5 Å². The number of methoxy groups -OCH3 is 1. The zero-order valence-electron chi connectivity index (χ0n) is 29.2. The number of aliphatic hydroxyl groups excluding tert-OH is 1. The van der Waals surface area contributed by atoms with Gasteiger partial charge in [0, 0.05) is 57.6 Å². The Balaban J connectivity index is 1.56. The minimum atomic E-state index is -0.560. The standard InChI is InChI=1S/C38H51N5O6/c1-4-6-16-41(17-7-5-2)37(46)34-26-42(18-10-15-40-19-21-49-22-20-40)35(39-34)32-14-13-29(38(47)48-3)24-33(32)36(45)43-25-30-12-9-8-11-28(30)23-31(43)27-44/h8-9,11-14,24,26,31,44H,4-7,10,15-23,25,27H2,1-3H3/t31-/m0/s1. The molecule has 0 spiro atoms. The summed E-state index contributed by atoms with van der Waals surface area (Å²) in [6.45, 7) is 10.3. The van der Waals surface area contributed by atoms with Crippen molar-refractivity contribution < 1.29 is 29.0 Å². The Labute approximate surface area is 289 Å². The number of benzene rings is 2. The average molecular weight is 674 g/mol. The number of esters is 1. The monoisotopic (exact) mass is 673 g/mol. The molecule has 0 aliphatic carbocycles. The average Bonchev–Trinajstić information content (AvgIpc) is 3.57. The van der Waals surface area contributed by atoms with Crippen molar-refractivity contribution >= 4 is 17.8 Å². The molecule has 2 aliphatic rings. The van der Waals surface area contributed by atoms with Crippen LogP contribution in [-0.2, 0) is 29.0 Å². The third kappa shape index (κ3) is 8.76. The molecule has 11 heteroatoms. The van der Waals surface area contributed by atoms with E-state index in [-0.39, 0.29) is 29.5 Å². The van der Waals surface area contributed by atoms with E-state index in [1.165, 1.54) is 7.11 Å². The molecular formula is C38H51N5O6. The molecule has 1 aromatic heterocycles.